The van der Waals surface area contributed by atoms with E-state index >= 15 is 0 Å². The molecule has 208 valence electrons. The zero-order valence-corrected chi connectivity index (χ0v) is 24.7. The summed E-state index contributed by atoms with van der Waals surface area (Å²) in [5.41, 5.74) is 1.63. The second-order valence-corrected chi connectivity index (χ2v) is 12.1. The number of aryl methyl sites for hydroxylation is 1. The van der Waals surface area contributed by atoms with Gasteiger partial charge in [0.2, 0.25) is 11.8 Å². The van der Waals surface area contributed by atoms with Crippen molar-refractivity contribution in [3.05, 3.63) is 94.0 Å². The van der Waals surface area contributed by atoms with Crippen LogP contribution in [-0.2, 0) is 26.2 Å². The first-order valence-corrected chi connectivity index (χ1v) is 14.8. The molecular weight excluding hydrogens is 557 g/mol. The highest BCUT2D eigenvalue weighted by Crippen LogP contribution is 2.28. The quantitative estimate of drug-likeness (QED) is 0.305. The van der Waals surface area contributed by atoms with Crippen molar-refractivity contribution in [3.8, 4) is 0 Å². The molecule has 39 heavy (non-hydrogen) atoms. The van der Waals surface area contributed by atoms with Gasteiger partial charge < -0.3 is 10.2 Å². The molecule has 0 aromatic heterocycles. The van der Waals surface area contributed by atoms with Crippen molar-refractivity contribution in [1.29, 1.82) is 0 Å². The van der Waals surface area contributed by atoms with E-state index < -0.39 is 28.5 Å². The molecule has 7 nitrogen and oxygen atoms in total. The Bertz CT molecular complexity index is 1420. The van der Waals surface area contributed by atoms with Gasteiger partial charge in [0.05, 0.1) is 10.6 Å². The summed E-state index contributed by atoms with van der Waals surface area (Å²) in [6.45, 7) is 6.68. The van der Waals surface area contributed by atoms with Crippen LogP contribution in [0, 0.1) is 6.92 Å². The van der Waals surface area contributed by atoms with Gasteiger partial charge in [0.15, 0.2) is 0 Å². The van der Waals surface area contributed by atoms with E-state index in [4.69, 9.17) is 23.2 Å². The highest BCUT2D eigenvalue weighted by Gasteiger charge is 2.33. The minimum absolute atomic E-state index is 0.0169. The molecule has 0 aliphatic rings. The molecule has 0 spiro atoms. The average molecular weight is 591 g/mol. The van der Waals surface area contributed by atoms with Crippen LogP contribution in [0.3, 0.4) is 0 Å². The number of carbonyl (C=O) groups is 2. The molecular formula is C29H33Cl2N3O4S. The fourth-order valence-corrected chi connectivity index (χ4v) is 5.93. The number of halogens is 2. The lowest BCUT2D eigenvalue weighted by Crippen LogP contribution is -2.52. The third-order valence-corrected chi connectivity index (χ3v) is 8.88. The standard InChI is InChI=1S/C29H33Cl2N3O4S/c1-5-21(3)32-29(36)22(4)33(18-23-15-16-24(30)17-26(23)31)28(35)19-34(27-14-10-9-11-20(27)2)39(37,38)25-12-7-6-8-13-25/h6-17,21-22H,5,18-19H2,1-4H3,(H,32,36)/t21-,22+/m1/s1. The Morgan fingerprint density at radius 2 is 1.59 bits per heavy atom. The van der Waals surface area contributed by atoms with Crippen LogP contribution in [0.1, 0.15) is 38.3 Å². The van der Waals surface area contributed by atoms with Gasteiger partial charge in [-0.15, -0.1) is 0 Å². The molecule has 10 heteroatoms. The monoisotopic (exact) mass is 589 g/mol. The van der Waals surface area contributed by atoms with Gasteiger partial charge in [0.1, 0.15) is 12.6 Å². The summed E-state index contributed by atoms with van der Waals surface area (Å²) in [4.78, 5) is 28.5. The van der Waals surface area contributed by atoms with E-state index in [0.29, 0.717) is 33.3 Å². The van der Waals surface area contributed by atoms with Crippen molar-refractivity contribution in [2.24, 2.45) is 0 Å². The molecule has 1 N–H and O–H groups in total. The van der Waals surface area contributed by atoms with Crippen molar-refractivity contribution in [1.82, 2.24) is 10.2 Å². The summed E-state index contributed by atoms with van der Waals surface area (Å²) in [7, 11) is -4.12. The largest absolute Gasteiger partial charge is 0.352 e. The van der Waals surface area contributed by atoms with Gasteiger partial charge in [-0.3, -0.25) is 13.9 Å². The zero-order valence-electron chi connectivity index (χ0n) is 22.4. The van der Waals surface area contributed by atoms with E-state index in [2.05, 4.69) is 5.32 Å². The molecule has 2 atom stereocenters. The number of hydrogen-bond donors (Lipinski definition) is 1. The van der Waals surface area contributed by atoms with Crippen LogP contribution >= 0.6 is 23.2 Å². The zero-order chi connectivity index (χ0) is 28.7. The predicted octanol–water partition coefficient (Wildman–Crippen LogP) is 5.83. The number of sulfonamides is 1. The first-order valence-electron chi connectivity index (χ1n) is 12.6. The molecule has 0 saturated carbocycles. The molecule has 0 unspecified atom stereocenters. The Labute approximate surface area is 240 Å². The summed E-state index contributed by atoms with van der Waals surface area (Å²) in [6.07, 6.45) is 0.714. The molecule has 0 radical (unpaired) electrons. The van der Waals surface area contributed by atoms with Crippen LogP contribution in [0.5, 0.6) is 0 Å². The fraction of sp³-hybridized carbons (Fsp3) is 0.310. The molecule has 0 aliphatic heterocycles. The molecule has 3 aromatic rings. The highest BCUT2D eigenvalue weighted by molar-refractivity contribution is 7.92. The molecule has 3 aromatic carbocycles. The van der Waals surface area contributed by atoms with Crippen LogP contribution in [0.2, 0.25) is 10.0 Å². The van der Waals surface area contributed by atoms with Crippen LogP contribution in [-0.4, -0.2) is 43.8 Å². The van der Waals surface area contributed by atoms with E-state index in [1.165, 1.54) is 17.0 Å². The Kier molecular flexibility index (Phi) is 10.4. The molecule has 0 bridgehead atoms. The smallest absolute Gasteiger partial charge is 0.264 e. The molecule has 0 saturated heterocycles. The second kappa shape index (κ2) is 13.3. The van der Waals surface area contributed by atoms with Crippen LogP contribution in [0.25, 0.3) is 0 Å². The van der Waals surface area contributed by atoms with Gasteiger partial charge >= 0.3 is 0 Å². The topological polar surface area (TPSA) is 86.8 Å². The van der Waals surface area contributed by atoms with Crippen LogP contribution < -0.4 is 9.62 Å². The van der Waals surface area contributed by atoms with Crippen LogP contribution in [0.15, 0.2) is 77.7 Å². The maximum Gasteiger partial charge on any atom is 0.264 e. The number of nitrogens with one attached hydrogen (secondary N) is 1. The van der Waals surface area contributed by atoms with Crippen molar-refractivity contribution in [3.63, 3.8) is 0 Å². The predicted molar refractivity (Wildman–Crippen MR) is 157 cm³/mol. The van der Waals surface area contributed by atoms with Crippen molar-refractivity contribution in [2.45, 2.75) is 57.6 Å². The Morgan fingerprint density at radius 3 is 2.21 bits per heavy atom. The Balaban J connectivity index is 2.05. The van der Waals surface area contributed by atoms with Gasteiger partial charge in [0.25, 0.3) is 10.0 Å². The number of hydrogen-bond acceptors (Lipinski definition) is 4. The summed E-state index contributed by atoms with van der Waals surface area (Å²) < 4.78 is 28.7. The minimum atomic E-state index is -4.12. The first kappa shape index (κ1) is 30.5. The number of rotatable bonds is 11. The number of para-hydroxylation sites is 1. The van der Waals surface area contributed by atoms with E-state index in [-0.39, 0.29) is 23.4 Å². The minimum Gasteiger partial charge on any atom is -0.352 e. The third-order valence-electron chi connectivity index (χ3n) is 6.52. The number of benzene rings is 3. The first-order chi connectivity index (χ1) is 18.4. The molecule has 0 fully saturated rings. The second-order valence-electron chi connectivity index (χ2n) is 9.36. The third kappa shape index (κ3) is 7.53. The molecule has 3 rings (SSSR count). The van der Waals surface area contributed by atoms with Gasteiger partial charge in [-0.1, -0.05) is 72.6 Å². The van der Waals surface area contributed by atoms with E-state index in [9.17, 15) is 18.0 Å². The highest BCUT2D eigenvalue weighted by atomic mass is 35.5. The summed E-state index contributed by atoms with van der Waals surface area (Å²) in [5, 5.41) is 3.68. The van der Waals surface area contributed by atoms with Crippen molar-refractivity contribution >= 4 is 50.7 Å². The van der Waals surface area contributed by atoms with E-state index in [0.717, 1.165) is 4.31 Å². The maximum atomic E-state index is 14.0. The molecule has 0 aliphatic carbocycles. The summed E-state index contributed by atoms with van der Waals surface area (Å²) >= 11 is 12.5. The lowest BCUT2D eigenvalue weighted by Gasteiger charge is -2.33. The Hall–Kier alpha value is -3.07. The maximum absolute atomic E-state index is 14.0. The van der Waals surface area contributed by atoms with Gasteiger partial charge in [0, 0.05) is 22.6 Å². The van der Waals surface area contributed by atoms with Gasteiger partial charge in [-0.05, 0) is 68.7 Å². The van der Waals surface area contributed by atoms with Crippen LogP contribution in [0.4, 0.5) is 5.69 Å². The van der Waals surface area contributed by atoms with E-state index in [1.807, 2.05) is 13.8 Å². The number of amides is 2. The lowest BCUT2D eigenvalue weighted by atomic mass is 10.1. The number of anilines is 1. The summed E-state index contributed by atoms with van der Waals surface area (Å²) in [5.74, 6) is -0.910. The SMILES string of the molecule is CC[C@@H](C)NC(=O)[C@H](C)N(Cc1ccc(Cl)cc1Cl)C(=O)CN(c1ccccc1C)S(=O)(=O)c1ccccc1. The van der Waals surface area contributed by atoms with E-state index in [1.54, 1.807) is 74.5 Å². The average Bonchev–Trinajstić information content (AvgIpc) is 2.91. The lowest BCUT2D eigenvalue weighted by molar-refractivity contribution is -0.139. The van der Waals surface area contributed by atoms with Crippen molar-refractivity contribution < 1.29 is 18.0 Å². The molecule has 2 amide bonds. The molecule has 0 heterocycles. The Morgan fingerprint density at radius 1 is 0.949 bits per heavy atom. The van der Waals surface area contributed by atoms with Gasteiger partial charge in [-0.2, -0.15) is 0 Å². The number of carbonyl (C=O) groups excluding carboxylic acids is 2. The number of nitrogens with zero attached hydrogens (tertiary/aromatic N) is 2. The normalized spacial score (nSPS) is 12.9. The summed E-state index contributed by atoms with van der Waals surface area (Å²) in [6, 6.07) is 18.8. The fourth-order valence-electron chi connectivity index (χ4n) is 3.96. The van der Waals surface area contributed by atoms with Gasteiger partial charge in [-0.25, -0.2) is 8.42 Å². The van der Waals surface area contributed by atoms with Crippen molar-refractivity contribution in [2.75, 3.05) is 10.8 Å².